The van der Waals surface area contributed by atoms with Crippen LogP contribution in [0, 0.1) is 11.7 Å². The van der Waals surface area contributed by atoms with Crippen LogP contribution in [0.15, 0.2) is 73.2 Å². The average molecular weight is 521 g/mol. The first-order valence-corrected chi connectivity index (χ1v) is 12.8. The molecule has 1 fully saturated rings. The van der Waals surface area contributed by atoms with Crippen molar-refractivity contribution in [1.29, 1.82) is 0 Å². The minimum Gasteiger partial charge on any atom is -0.497 e. The molecule has 4 aromatic heterocycles. The Morgan fingerprint density at radius 3 is 2.74 bits per heavy atom. The number of nitrogens with zero attached hydrogens (tertiary/aromatic N) is 3. The van der Waals surface area contributed by atoms with Crippen molar-refractivity contribution in [3.05, 3.63) is 79.0 Å². The van der Waals surface area contributed by atoms with E-state index in [1.54, 1.807) is 18.6 Å². The molecule has 6 aromatic rings. The molecule has 0 spiro atoms. The standard InChI is InChI=1S/C30H25FN6O2/c1-39-21-9-17(7-19(31)10-21)22-3-2-4-25-23(22)11-27(35-25)29-24-12-26(33-15-28(24)36-37-29)18-8-20(14-32-13-18)34-30(38)16-5-6-16/h2-4,7-16,30,34-35,38H,5-6H2,1H3,(H,36,37). The number of ether oxygens (including phenoxy) is 1. The topological polar surface area (TPSA) is 112 Å². The van der Waals surface area contributed by atoms with Gasteiger partial charge in [-0.1, -0.05) is 12.1 Å². The molecule has 0 radical (unpaired) electrons. The Morgan fingerprint density at radius 2 is 1.90 bits per heavy atom. The van der Waals surface area contributed by atoms with Crippen molar-refractivity contribution in [2.45, 2.75) is 19.1 Å². The Bertz CT molecular complexity index is 1840. The number of nitrogens with one attached hydrogen (secondary N) is 3. The zero-order valence-corrected chi connectivity index (χ0v) is 21.1. The van der Waals surface area contributed by atoms with Crippen molar-refractivity contribution in [3.63, 3.8) is 0 Å². The van der Waals surface area contributed by atoms with Crippen LogP contribution in [0.25, 0.3) is 55.6 Å². The molecular weight excluding hydrogens is 495 g/mol. The van der Waals surface area contributed by atoms with Gasteiger partial charge in [0.05, 0.1) is 42.1 Å². The fourth-order valence-corrected chi connectivity index (χ4v) is 5.01. The number of hydrogen-bond acceptors (Lipinski definition) is 6. The Kier molecular flexibility index (Phi) is 5.52. The van der Waals surface area contributed by atoms with Gasteiger partial charge < -0.3 is 20.1 Å². The lowest BCUT2D eigenvalue weighted by molar-refractivity contribution is 0.180. The molecule has 9 heteroatoms. The van der Waals surface area contributed by atoms with Gasteiger partial charge in [0.2, 0.25) is 0 Å². The summed E-state index contributed by atoms with van der Waals surface area (Å²) in [5.41, 5.74) is 7.22. The summed E-state index contributed by atoms with van der Waals surface area (Å²) in [7, 11) is 1.53. The second kappa shape index (κ2) is 9.21. The predicted octanol–water partition coefficient (Wildman–Crippen LogP) is 6.12. The molecule has 1 aliphatic carbocycles. The second-order valence-corrected chi connectivity index (χ2v) is 9.91. The van der Waals surface area contributed by atoms with E-state index in [0.717, 1.165) is 74.1 Å². The number of pyridine rings is 2. The summed E-state index contributed by atoms with van der Waals surface area (Å²) in [6, 6.07) is 16.5. The number of aromatic amines is 2. The van der Waals surface area contributed by atoms with Gasteiger partial charge in [-0.25, -0.2) is 4.39 Å². The van der Waals surface area contributed by atoms with Crippen LogP contribution >= 0.6 is 0 Å². The van der Waals surface area contributed by atoms with Crippen LogP contribution in [0.2, 0.25) is 0 Å². The van der Waals surface area contributed by atoms with E-state index in [1.165, 1.54) is 19.2 Å². The Balaban J connectivity index is 1.28. The summed E-state index contributed by atoms with van der Waals surface area (Å²) in [4.78, 5) is 12.4. The minimum absolute atomic E-state index is 0.302. The number of hydrogen-bond donors (Lipinski definition) is 4. The highest BCUT2D eigenvalue weighted by molar-refractivity contribution is 6.01. The van der Waals surface area contributed by atoms with E-state index < -0.39 is 6.23 Å². The third-order valence-electron chi connectivity index (χ3n) is 7.20. The molecule has 4 N–H and O–H groups in total. The van der Waals surface area contributed by atoms with Gasteiger partial charge in [0.1, 0.15) is 23.5 Å². The maximum Gasteiger partial charge on any atom is 0.127 e. The van der Waals surface area contributed by atoms with Crippen LogP contribution in [-0.2, 0) is 0 Å². The van der Waals surface area contributed by atoms with E-state index in [9.17, 15) is 9.50 Å². The Morgan fingerprint density at radius 1 is 1.00 bits per heavy atom. The first-order valence-electron chi connectivity index (χ1n) is 12.8. The van der Waals surface area contributed by atoms with Gasteiger partial charge in [0.25, 0.3) is 0 Å². The van der Waals surface area contributed by atoms with E-state index in [-0.39, 0.29) is 5.82 Å². The fraction of sp³-hybridized carbons (Fsp3) is 0.167. The molecule has 1 saturated carbocycles. The number of aromatic nitrogens is 5. The molecule has 0 saturated heterocycles. The molecule has 39 heavy (non-hydrogen) atoms. The number of anilines is 1. The molecular formula is C30H25FN6O2. The summed E-state index contributed by atoms with van der Waals surface area (Å²) >= 11 is 0. The number of rotatable bonds is 7. The van der Waals surface area contributed by atoms with Crippen molar-refractivity contribution in [3.8, 4) is 39.5 Å². The van der Waals surface area contributed by atoms with Gasteiger partial charge in [-0.15, -0.1) is 0 Å². The van der Waals surface area contributed by atoms with Crippen molar-refractivity contribution in [2.24, 2.45) is 5.92 Å². The first kappa shape index (κ1) is 23.4. The van der Waals surface area contributed by atoms with Crippen LogP contribution in [0.3, 0.4) is 0 Å². The van der Waals surface area contributed by atoms with E-state index >= 15 is 0 Å². The summed E-state index contributed by atoms with van der Waals surface area (Å²) in [6.45, 7) is 0. The van der Waals surface area contributed by atoms with Gasteiger partial charge in [-0.2, -0.15) is 5.10 Å². The van der Waals surface area contributed by atoms with Gasteiger partial charge in [0, 0.05) is 40.0 Å². The fourth-order valence-electron chi connectivity index (χ4n) is 5.01. The molecule has 1 aliphatic rings. The highest BCUT2D eigenvalue weighted by atomic mass is 19.1. The lowest BCUT2D eigenvalue weighted by Gasteiger charge is -2.13. The second-order valence-electron chi connectivity index (χ2n) is 9.91. The van der Waals surface area contributed by atoms with Crippen molar-refractivity contribution in [2.75, 3.05) is 12.4 Å². The number of benzene rings is 2. The summed E-state index contributed by atoms with van der Waals surface area (Å²) in [5, 5.41) is 22.9. The smallest absolute Gasteiger partial charge is 0.127 e. The maximum atomic E-state index is 14.3. The van der Waals surface area contributed by atoms with Crippen molar-refractivity contribution < 1.29 is 14.2 Å². The van der Waals surface area contributed by atoms with Gasteiger partial charge in [-0.05, 0) is 60.4 Å². The molecule has 0 aliphatic heterocycles. The van der Waals surface area contributed by atoms with E-state index in [0.29, 0.717) is 11.7 Å². The SMILES string of the molecule is COc1cc(F)cc(-c2cccc3[nH]c(-c4n[nH]c5cnc(-c6cncc(NC(O)C7CC7)c6)cc45)cc23)c1. The lowest BCUT2D eigenvalue weighted by Crippen LogP contribution is -2.20. The highest BCUT2D eigenvalue weighted by Crippen LogP contribution is 2.37. The van der Waals surface area contributed by atoms with Gasteiger partial charge in [-0.3, -0.25) is 15.1 Å². The number of halogens is 1. The predicted molar refractivity (Wildman–Crippen MR) is 149 cm³/mol. The third-order valence-corrected chi connectivity index (χ3v) is 7.20. The van der Waals surface area contributed by atoms with E-state index in [1.807, 2.05) is 42.5 Å². The molecule has 7 rings (SSSR count). The molecule has 4 heterocycles. The monoisotopic (exact) mass is 520 g/mol. The lowest BCUT2D eigenvalue weighted by atomic mass is 10.0. The minimum atomic E-state index is -0.571. The largest absolute Gasteiger partial charge is 0.497 e. The number of methoxy groups -OCH3 is 1. The van der Waals surface area contributed by atoms with Crippen LogP contribution in [0.1, 0.15) is 12.8 Å². The van der Waals surface area contributed by atoms with E-state index in [4.69, 9.17) is 4.74 Å². The van der Waals surface area contributed by atoms with Gasteiger partial charge >= 0.3 is 0 Å². The number of fused-ring (bicyclic) bond motifs is 2. The number of aliphatic hydroxyl groups is 1. The van der Waals surface area contributed by atoms with Crippen LogP contribution in [0.5, 0.6) is 5.75 Å². The molecule has 194 valence electrons. The van der Waals surface area contributed by atoms with Crippen molar-refractivity contribution >= 4 is 27.5 Å². The van der Waals surface area contributed by atoms with Crippen LogP contribution in [0.4, 0.5) is 10.1 Å². The van der Waals surface area contributed by atoms with Gasteiger partial charge in [0.15, 0.2) is 0 Å². The summed E-state index contributed by atoms with van der Waals surface area (Å²) in [5.74, 6) is 0.412. The number of aliphatic hydroxyl groups excluding tert-OH is 1. The van der Waals surface area contributed by atoms with E-state index in [2.05, 4.69) is 30.5 Å². The molecule has 8 nitrogen and oxygen atoms in total. The molecule has 2 aromatic carbocycles. The first-order chi connectivity index (χ1) is 19.1. The quantitative estimate of drug-likeness (QED) is 0.189. The summed E-state index contributed by atoms with van der Waals surface area (Å²) in [6.07, 6.45) is 6.72. The van der Waals surface area contributed by atoms with Crippen LogP contribution < -0.4 is 10.1 Å². The Labute approximate surface area is 222 Å². The normalized spacial score (nSPS) is 14.1. The summed E-state index contributed by atoms with van der Waals surface area (Å²) < 4.78 is 19.6. The van der Waals surface area contributed by atoms with Crippen LogP contribution in [-0.4, -0.2) is 43.6 Å². The zero-order valence-electron chi connectivity index (χ0n) is 21.1. The average Bonchev–Trinajstić information content (AvgIpc) is 3.58. The Hall–Kier alpha value is -4.76. The zero-order chi connectivity index (χ0) is 26.5. The molecule has 0 amide bonds. The maximum absolute atomic E-state index is 14.3. The third kappa shape index (κ3) is 4.36. The molecule has 1 unspecified atom stereocenters. The highest BCUT2D eigenvalue weighted by Gasteiger charge is 2.29. The van der Waals surface area contributed by atoms with Crippen molar-refractivity contribution in [1.82, 2.24) is 25.1 Å². The molecule has 1 atom stereocenters. The molecule has 0 bridgehead atoms. The number of H-pyrrole nitrogens is 2.